The van der Waals surface area contributed by atoms with Gasteiger partial charge >= 0.3 is 0 Å². The van der Waals surface area contributed by atoms with Gasteiger partial charge in [0.2, 0.25) is 11.9 Å². The van der Waals surface area contributed by atoms with E-state index < -0.39 is 0 Å². The van der Waals surface area contributed by atoms with Crippen LogP contribution in [0.2, 0.25) is 0 Å². The fraction of sp³-hybridized carbons (Fsp3) is 0.267. The summed E-state index contributed by atoms with van der Waals surface area (Å²) >= 11 is 1.59. The molecular formula is C15H18N4OS. The molecule has 0 aliphatic carbocycles. The molecule has 0 aliphatic heterocycles. The molecule has 0 radical (unpaired) electrons. The van der Waals surface area contributed by atoms with Crippen LogP contribution in [0.15, 0.2) is 29.7 Å². The zero-order chi connectivity index (χ0) is 15.2. The number of amides is 1. The molecule has 2 aromatic heterocycles. The lowest BCUT2D eigenvalue weighted by molar-refractivity contribution is -0.116. The van der Waals surface area contributed by atoms with Crippen molar-refractivity contribution in [2.45, 2.75) is 13.5 Å². The summed E-state index contributed by atoms with van der Waals surface area (Å²) in [6.07, 6.45) is 3.34. The van der Waals surface area contributed by atoms with Gasteiger partial charge in [-0.1, -0.05) is 6.07 Å². The van der Waals surface area contributed by atoms with Crippen LogP contribution >= 0.6 is 11.3 Å². The Kier molecular flexibility index (Phi) is 5.05. The van der Waals surface area contributed by atoms with Gasteiger partial charge in [0.15, 0.2) is 0 Å². The molecule has 5 nitrogen and oxygen atoms in total. The Morgan fingerprint density at radius 1 is 1.43 bits per heavy atom. The summed E-state index contributed by atoms with van der Waals surface area (Å²) in [4.78, 5) is 23.4. The van der Waals surface area contributed by atoms with Crippen molar-refractivity contribution in [3.8, 4) is 0 Å². The number of aryl methyl sites for hydroxylation is 1. The summed E-state index contributed by atoms with van der Waals surface area (Å²) in [7, 11) is 3.78. The van der Waals surface area contributed by atoms with Crippen LogP contribution < -0.4 is 10.2 Å². The molecule has 21 heavy (non-hydrogen) atoms. The largest absolute Gasteiger partial charge is 0.347 e. The Balaban J connectivity index is 1.95. The van der Waals surface area contributed by atoms with Crippen molar-refractivity contribution < 1.29 is 4.79 Å². The van der Waals surface area contributed by atoms with Gasteiger partial charge in [-0.25, -0.2) is 9.97 Å². The van der Waals surface area contributed by atoms with Gasteiger partial charge < -0.3 is 10.2 Å². The van der Waals surface area contributed by atoms with Gasteiger partial charge in [0.1, 0.15) is 0 Å². The molecule has 0 atom stereocenters. The highest BCUT2D eigenvalue weighted by Gasteiger charge is 2.05. The maximum Gasteiger partial charge on any atom is 0.244 e. The lowest BCUT2D eigenvalue weighted by Gasteiger charge is -2.12. The van der Waals surface area contributed by atoms with Gasteiger partial charge in [-0.2, -0.15) is 0 Å². The van der Waals surface area contributed by atoms with E-state index in [2.05, 4.69) is 15.3 Å². The number of carbonyl (C=O) groups excluding carboxylic acids is 1. The molecule has 0 bridgehead atoms. The zero-order valence-corrected chi connectivity index (χ0v) is 13.1. The SMILES string of the molecule is Cc1cc(CNC(=O)/C=C/c2cccs2)nc(N(C)C)n1. The van der Waals surface area contributed by atoms with Crippen LogP contribution in [-0.4, -0.2) is 30.0 Å². The molecular weight excluding hydrogens is 284 g/mol. The maximum absolute atomic E-state index is 11.8. The van der Waals surface area contributed by atoms with E-state index in [-0.39, 0.29) is 5.91 Å². The first-order valence-corrected chi connectivity index (χ1v) is 7.44. The maximum atomic E-state index is 11.8. The molecule has 1 N–H and O–H groups in total. The highest BCUT2D eigenvalue weighted by molar-refractivity contribution is 7.10. The Bertz CT molecular complexity index is 635. The van der Waals surface area contributed by atoms with Crippen LogP contribution in [0.5, 0.6) is 0 Å². The smallest absolute Gasteiger partial charge is 0.244 e. The monoisotopic (exact) mass is 302 g/mol. The quantitative estimate of drug-likeness (QED) is 0.861. The van der Waals surface area contributed by atoms with Crippen molar-refractivity contribution in [2.75, 3.05) is 19.0 Å². The molecule has 0 fully saturated rings. The number of hydrogen-bond donors (Lipinski definition) is 1. The van der Waals surface area contributed by atoms with Gasteiger partial charge in [0.05, 0.1) is 12.2 Å². The predicted octanol–water partition coefficient (Wildman–Crippen LogP) is 2.24. The first-order chi connectivity index (χ1) is 10.0. The highest BCUT2D eigenvalue weighted by atomic mass is 32.1. The Labute approximate surface area is 128 Å². The minimum Gasteiger partial charge on any atom is -0.347 e. The Morgan fingerprint density at radius 3 is 2.90 bits per heavy atom. The van der Waals surface area contributed by atoms with Crippen LogP contribution in [0.4, 0.5) is 5.95 Å². The molecule has 110 valence electrons. The van der Waals surface area contributed by atoms with Crippen molar-refractivity contribution in [3.05, 3.63) is 45.9 Å². The average Bonchev–Trinajstić information content (AvgIpc) is 2.95. The van der Waals surface area contributed by atoms with E-state index in [9.17, 15) is 4.79 Å². The summed E-state index contributed by atoms with van der Waals surface area (Å²) in [5.74, 6) is 0.513. The normalized spacial score (nSPS) is 10.8. The fourth-order valence-corrected chi connectivity index (χ4v) is 2.31. The third kappa shape index (κ3) is 4.68. The van der Waals surface area contributed by atoms with Crippen LogP contribution in [-0.2, 0) is 11.3 Å². The second kappa shape index (κ2) is 6.99. The molecule has 0 aliphatic rings. The molecule has 6 heteroatoms. The first kappa shape index (κ1) is 15.2. The van der Waals surface area contributed by atoms with E-state index in [0.29, 0.717) is 12.5 Å². The summed E-state index contributed by atoms with van der Waals surface area (Å²) in [5, 5.41) is 4.80. The summed E-state index contributed by atoms with van der Waals surface area (Å²) in [6, 6.07) is 5.79. The van der Waals surface area contributed by atoms with Crippen molar-refractivity contribution in [2.24, 2.45) is 0 Å². The number of hydrogen-bond acceptors (Lipinski definition) is 5. The fourth-order valence-electron chi connectivity index (χ4n) is 1.69. The van der Waals surface area contributed by atoms with Crippen molar-refractivity contribution in [1.29, 1.82) is 0 Å². The molecule has 2 rings (SSSR count). The van der Waals surface area contributed by atoms with Gasteiger partial charge in [-0.3, -0.25) is 4.79 Å². The molecule has 0 saturated carbocycles. The van der Waals surface area contributed by atoms with Crippen LogP contribution in [0.1, 0.15) is 16.3 Å². The van der Waals surface area contributed by atoms with Crippen LogP contribution in [0.25, 0.3) is 6.08 Å². The highest BCUT2D eigenvalue weighted by Crippen LogP contribution is 2.10. The van der Waals surface area contributed by atoms with E-state index in [1.54, 1.807) is 17.4 Å². The van der Waals surface area contributed by atoms with E-state index in [4.69, 9.17) is 0 Å². The average molecular weight is 302 g/mol. The van der Waals surface area contributed by atoms with E-state index in [1.165, 1.54) is 6.08 Å². The predicted molar refractivity (Wildman–Crippen MR) is 86.3 cm³/mol. The number of anilines is 1. The Hall–Kier alpha value is -2.21. The van der Waals surface area contributed by atoms with Crippen LogP contribution in [0.3, 0.4) is 0 Å². The van der Waals surface area contributed by atoms with E-state index in [0.717, 1.165) is 16.3 Å². The first-order valence-electron chi connectivity index (χ1n) is 6.56. The molecule has 0 spiro atoms. The molecule has 0 saturated heterocycles. The molecule has 2 heterocycles. The van der Waals surface area contributed by atoms with Gasteiger partial charge in [0, 0.05) is 30.7 Å². The van der Waals surface area contributed by atoms with Gasteiger partial charge in [0.25, 0.3) is 0 Å². The third-order valence-corrected chi connectivity index (χ3v) is 3.52. The number of thiophene rings is 1. The van der Waals surface area contributed by atoms with E-state index in [1.807, 2.05) is 49.5 Å². The summed E-state index contributed by atoms with van der Waals surface area (Å²) < 4.78 is 0. The Morgan fingerprint density at radius 2 is 2.24 bits per heavy atom. The minimum atomic E-state index is -0.133. The number of carbonyl (C=O) groups is 1. The summed E-state index contributed by atoms with van der Waals surface area (Å²) in [6.45, 7) is 2.30. The number of nitrogens with one attached hydrogen (secondary N) is 1. The number of nitrogens with zero attached hydrogens (tertiary/aromatic N) is 3. The van der Waals surface area contributed by atoms with E-state index >= 15 is 0 Å². The standard InChI is InChI=1S/C15H18N4OS/c1-11-9-12(18-15(17-11)19(2)3)10-16-14(20)7-6-13-5-4-8-21-13/h4-9H,10H2,1-3H3,(H,16,20)/b7-6+. The lowest BCUT2D eigenvalue weighted by Crippen LogP contribution is -2.22. The minimum absolute atomic E-state index is 0.133. The van der Waals surface area contributed by atoms with Crippen molar-refractivity contribution in [3.63, 3.8) is 0 Å². The topological polar surface area (TPSA) is 58.1 Å². The number of aromatic nitrogens is 2. The lowest BCUT2D eigenvalue weighted by atomic mass is 10.3. The zero-order valence-electron chi connectivity index (χ0n) is 12.3. The van der Waals surface area contributed by atoms with Gasteiger partial charge in [-0.15, -0.1) is 11.3 Å². The van der Waals surface area contributed by atoms with Gasteiger partial charge in [-0.05, 0) is 30.5 Å². The second-order valence-electron chi connectivity index (χ2n) is 4.76. The third-order valence-electron chi connectivity index (χ3n) is 2.68. The second-order valence-corrected chi connectivity index (χ2v) is 5.74. The molecule has 1 amide bonds. The van der Waals surface area contributed by atoms with Crippen LogP contribution in [0, 0.1) is 6.92 Å². The number of rotatable bonds is 5. The molecule has 2 aromatic rings. The molecule has 0 unspecified atom stereocenters. The van der Waals surface area contributed by atoms with Crippen molar-refractivity contribution in [1.82, 2.24) is 15.3 Å². The van der Waals surface area contributed by atoms with Crippen molar-refractivity contribution >= 4 is 29.3 Å². The molecule has 0 aromatic carbocycles. The summed E-state index contributed by atoms with van der Waals surface area (Å²) in [5.41, 5.74) is 1.68.